The van der Waals surface area contributed by atoms with Gasteiger partial charge in [-0.1, -0.05) is 12.1 Å². The number of hydrogen-bond donors (Lipinski definition) is 2. The molecule has 0 bridgehead atoms. The number of ether oxygens (including phenoxy) is 1. The Hall–Kier alpha value is -2.04. The molecular weight excluding hydrogens is 180 g/mol. The van der Waals surface area contributed by atoms with Gasteiger partial charge in [0, 0.05) is 12.3 Å². The highest BCUT2D eigenvalue weighted by Gasteiger charge is 2.02. The largest absolute Gasteiger partial charge is 0.497 e. The number of nitrogens with two attached hydrogens (primary N) is 1. The van der Waals surface area contributed by atoms with Crippen molar-refractivity contribution >= 4 is 12.6 Å². The van der Waals surface area contributed by atoms with Crippen molar-refractivity contribution < 1.29 is 4.74 Å². The molecule has 0 atom stereocenters. The number of nitrogens with one attached hydrogen (secondary N) is 1. The molecule has 0 aliphatic rings. The van der Waals surface area contributed by atoms with Gasteiger partial charge in [0.15, 0.2) is 5.84 Å². The van der Waals surface area contributed by atoms with E-state index in [1.54, 1.807) is 13.2 Å². The predicted molar refractivity (Wildman–Crippen MR) is 56.4 cm³/mol. The van der Waals surface area contributed by atoms with E-state index in [2.05, 4.69) is 22.3 Å². The van der Waals surface area contributed by atoms with Crippen molar-refractivity contribution in [3.05, 3.63) is 29.8 Å². The maximum Gasteiger partial charge on any atom is 0.173 e. The summed E-state index contributed by atoms with van der Waals surface area (Å²) in [5, 5.41) is 7.03. The van der Waals surface area contributed by atoms with Gasteiger partial charge in [0.05, 0.1) is 7.11 Å². The van der Waals surface area contributed by atoms with Crippen molar-refractivity contribution in [1.29, 1.82) is 0 Å². The third kappa shape index (κ3) is 2.22. The third-order valence-electron chi connectivity index (χ3n) is 1.66. The molecule has 0 spiro atoms. The van der Waals surface area contributed by atoms with Crippen LogP contribution in [-0.2, 0) is 0 Å². The molecule has 1 aromatic rings. The highest BCUT2D eigenvalue weighted by molar-refractivity contribution is 5.98. The quantitative estimate of drug-likeness (QED) is 0.317. The van der Waals surface area contributed by atoms with Crippen molar-refractivity contribution in [3.8, 4) is 5.75 Å². The van der Waals surface area contributed by atoms with Crippen LogP contribution in [0.15, 0.2) is 34.5 Å². The average Bonchev–Trinajstić information content (AvgIpc) is 2.26. The van der Waals surface area contributed by atoms with Crippen LogP contribution in [0, 0.1) is 0 Å². The van der Waals surface area contributed by atoms with Crippen LogP contribution in [0.2, 0.25) is 0 Å². The Morgan fingerprint density at radius 2 is 2.36 bits per heavy atom. The van der Waals surface area contributed by atoms with E-state index in [4.69, 9.17) is 10.6 Å². The predicted octanol–water partition coefficient (Wildman–Crippen LogP) is 0.521. The number of hydrogen-bond acceptors (Lipinski definition) is 4. The average molecular weight is 192 g/mol. The second-order valence-electron chi connectivity index (χ2n) is 2.48. The van der Waals surface area contributed by atoms with Crippen LogP contribution in [0.1, 0.15) is 5.56 Å². The van der Waals surface area contributed by atoms with Crippen LogP contribution >= 0.6 is 0 Å². The lowest BCUT2D eigenvalue weighted by Gasteiger charge is -2.05. The first-order valence-electron chi connectivity index (χ1n) is 3.96. The van der Waals surface area contributed by atoms with Crippen molar-refractivity contribution in [2.24, 2.45) is 16.0 Å². The lowest BCUT2D eigenvalue weighted by atomic mass is 10.2. The molecule has 0 amide bonds. The van der Waals surface area contributed by atoms with Crippen LogP contribution < -0.4 is 16.0 Å². The van der Waals surface area contributed by atoms with E-state index in [0.717, 1.165) is 11.3 Å². The van der Waals surface area contributed by atoms with Crippen LogP contribution in [0.5, 0.6) is 5.75 Å². The molecule has 5 nitrogen and oxygen atoms in total. The number of methoxy groups -OCH3 is 1. The Kier molecular flexibility index (Phi) is 3.49. The lowest BCUT2D eigenvalue weighted by Crippen LogP contribution is -2.20. The minimum atomic E-state index is 0.443. The first kappa shape index (κ1) is 10.0. The minimum Gasteiger partial charge on any atom is -0.497 e. The molecule has 0 unspecified atom stereocenters. The summed E-state index contributed by atoms with van der Waals surface area (Å²) in [6, 6.07) is 7.30. The molecule has 0 saturated carbocycles. The summed E-state index contributed by atoms with van der Waals surface area (Å²) >= 11 is 0. The van der Waals surface area contributed by atoms with Gasteiger partial charge in [-0.05, 0) is 12.1 Å². The number of benzene rings is 1. The van der Waals surface area contributed by atoms with E-state index in [9.17, 15) is 0 Å². The van der Waals surface area contributed by atoms with Crippen molar-refractivity contribution in [3.63, 3.8) is 0 Å². The Balaban J connectivity index is 2.98. The third-order valence-corrected chi connectivity index (χ3v) is 1.66. The SMILES string of the molecule is C=NNC(=NN)c1cccc(OC)c1. The molecule has 0 radical (unpaired) electrons. The van der Waals surface area contributed by atoms with Gasteiger partial charge in [-0.3, -0.25) is 5.43 Å². The summed E-state index contributed by atoms with van der Waals surface area (Å²) in [4.78, 5) is 0. The van der Waals surface area contributed by atoms with Crippen molar-refractivity contribution in [2.75, 3.05) is 7.11 Å². The Bertz CT molecular complexity index is 348. The maximum absolute atomic E-state index is 5.18. The summed E-state index contributed by atoms with van der Waals surface area (Å²) in [5.74, 6) is 6.35. The lowest BCUT2D eigenvalue weighted by molar-refractivity contribution is 0.414. The molecule has 14 heavy (non-hydrogen) atoms. The van der Waals surface area contributed by atoms with Gasteiger partial charge >= 0.3 is 0 Å². The van der Waals surface area contributed by atoms with Gasteiger partial charge in [-0.15, -0.1) is 0 Å². The van der Waals surface area contributed by atoms with Crippen molar-refractivity contribution in [2.45, 2.75) is 0 Å². The summed E-state index contributed by atoms with van der Waals surface area (Å²) in [7, 11) is 1.59. The molecule has 1 rings (SSSR count). The molecule has 74 valence electrons. The molecule has 3 N–H and O–H groups in total. The highest BCUT2D eigenvalue weighted by Crippen LogP contribution is 2.12. The summed E-state index contributed by atoms with van der Waals surface area (Å²) in [6.45, 7) is 3.29. The van der Waals surface area contributed by atoms with E-state index >= 15 is 0 Å². The first-order valence-corrected chi connectivity index (χ1v) is 3.96. The van der Waals surface area contributed by atoms with Gasteiger partial charge in [0.25, 0.3) is 0 Å². The number of amidine groups is 1. The molecule has 0 fully saturated rings. The molecular formula is C9H12N4O. The second kappa shape index (κ2) is 4.86. The summed E-state index contributed by atoms with van der Waals surface area (Å²) in [6.07, 6.45) is 0. The molecule has 0 aromatic heterocycles. The zero-order chi connectivity index (χ0) is 10.4. The topological polar surface area (TPSA) is 72.0 Å². The van der Waals surface area contributed by atoms with Gasteiger partial charge in [0.2, 0.25) is 0 Å². The molecule has 5 heteroatoms. The molecule has 0 heterocycles. The zero-order valence-electron chi connectivity index (χ0n) is 7.90. The minimum absolute atomic E-state index is 0.443. The van der Waals surface area contributed by atoms with Crippen LogP contribution in [0.4, 0.5) is 0 Å². The normalized spacial score (nSPS) is 10.8. The molecule has 1 aromatic carbocycles. The summed E-state index contributed by atoms with van der Waals surface area (Å²) in [5.41, 5.74) is 3.37. The van der Waals surface area contributed by atoms with Gasteiger partial charge < -0.3 is 10.6 Å². The zero-order valence-corrected chi connectivity index (χ0v) is 7.90. The fraction of sp³-hybridized carbons (Fsp3) is 0.111. The van der Waals surface area contributed by atoms with E-state index < -0.39 is 0 Å². The molecule has 0 aliphatic carbocycles. The van der Waals surface area contributed by atoms with Gasteiger partial charge in [0.1, 0.15) is 5.75 Å². The Morgan fingerprint density at radius 1 is 1.57 bits per heavy atom. The number of nitrogens with zero attached hydrogens (tertiary/aromatic N) is 2. The first-order chi connectivity index (χ1) is 6.81. The van der Waals surface area contributed by atoms with Crippen molar-refractivity contribution in [1.82, 2.24) is 5.43 Å². The van der Waals surface area contributed by atoms with E-state index in [-0.39, 0.29) is 0 Å². The van der Waals surface area contributed by atoms with E-state index in [1.807, 2.05) is 18.2 Å². The summed E-state index contributed by atoms with van der Waals surface area (Å²) < 4.78 is 5.06. The Labute approximate surface area is 82.3 Å². The van der Waals surface area contributed by atoms with Crippen LogP contribution in [0.3, 0.4) is 0 Å². The monoisotopic (exact) mass is 192 g/mol. The molecule has 0 aliphatic heterocycles. The number of rotatable bonds is 3. The fourth-order valence-electron chi connectivity index (χ4n) is 1.01. The van der Waals surface area contributed by atoms with Crippen LogP contribution in [0.25, 0.3) is 0 Å². The van der Waals surface area contributed by atoms with Crippen LogP contribution in [-0.4, -0.2) is 19.7 Å². The van der Waals surface area contributed by atoms with E-state index in [0.29, 0.717) is 5.84 Å². The maximum atomic E-state index is 5.18. The standard InChI is InChI=1S/C9H12N4O/c1-11-13-9(12-10)7-4-3-5-8(6-7)14-2/h3-6H,1,10H2,2H3,(H,12,13). The van der Waals surface area contributed by atoms with Gasteiger partial charge in [-0.25, -0.2) is 0 Å². The molecule has 0 saturated heterocycles. The second-order valence-corrected chi connectivity index (χ2v) is 2.48. The van der Waals surface area contributed by atoms with Gasteiger partial charge in [-0.2, -0.15) is 10.2 Å². The number of hydrazone groups is 2. The Morgan fingerprint density at radius 3 is 2.93 bits per heavy atom. The smallest absolute Gasteiger partial charge is 0.173 e. The fourth-order valence-corrected chi connectivity index (χ4v) is 1.01. The highest BCUT2D eigenvalue weighted by atomic mass is 16.5. The van der Waals surface area contributed by atoms with E-state index in [1.165, 1.54) is 0 Å².